The van der Waals surface area contributed by atoms with Crippen LogP contribution in [0.4, 0.5) is 4.79 Å². The Morgan fingerprint density at radius 2 is 2.43 bits per heavy atom. The monoisotopic (exact) mass is 196 g/mol. The van der Waals surface area contributed by atoms with Crippen molar-refractivity contribution in [3.8, 4) is 0 Å². The molecule has 1 rings (SSSR count). The number of aromatic nitrogens is 2. The van der Waals surface area contributed by atoms with Gasteiger partial charge in [0.25, 0.3) is 0 Å². The number of aromatic amines is 1. The number of H-pyrrole nitrogens is 1. The second-order valence-electron chi connectivity index (χ2n) is 3.27. The molecule has 5 nitrogen and oxygen atoms in total. The molecule has 1 heterocycles. The molecule has 2 amide bonds. The van der Waals surface area contributed by atoms with Crippen LogP contribution >= 0.6 is 0 Å². The molecule has 0 radical (unpaired) electrons. The summed E-state index contributed by atoms with van der Waals surface area (Å²) in [5.74, 6) is 0.962. The molecule has 2 N–H and O–H groups in total. The summed E-state index contributed by atoms with van der Waals surface area (Å²) in [6.45, 7) is 0.678. The van der Waals surface area contributed by atoms with Gasteiger partial charge in [0, 0.05) is 39.5 Å². The van der Waals surface area contributed by atoms with Gasteiger partial charge in [-0.2, -0.15) is 0 Å². The fourth-order valence-corrected chi connectivity index (χ4v) is 1.04. The minimum atomic E-state index is -0.0514. The zero-order valence-corrected chi connectivity index (χ0v) is 8.58. The molecule has 1 aromatic rings. The van der Waals surface area contributed by atoms with Crippen molar-refractivity contribution in [2.75, 3.05) is 20.6 Å². The van der Waals surface area contributed by atoms with Crippen molar-refractivity contribution in [3.05, 3.63) is 18.2 Å². The lowest BCUT2D eigenvalue weighted by molar-refractivity contribution is 0.217. The molecule has 1 aromatic heterocycles. The molecular formula is C9H16N4O. The molecule has 0 aliphatic carbocycles. The van der Waals surface area contributed by atoms with Crippen molar-refractivity contribution in [1.29, 1.82) is 0 Å². The number of aryl methyl sites for hydroxylation is 1. The smallest absolute Gasteiger partial charge is 0.316 e. The quantitative estimate of drug-likeness (QED) is 0.693. The van der Waals surface area contributed by atoms with Gasteiger partial charge < -0.3 is 15.2 Å². The average Bonchev–Trinajstić information content (AvgIpc) is 2.64. The topological polar surface area (TPSA) is 61.0 Å². The molecular weight excluding hydrogens is 180 g/mol. The number of amides is 2. The Morgan fingerprint density at radius 1 is 1.64 bits per heavy atom. The van der Waals surface area contributed by atoms with Crippen LogP contribution in [0, 0.1) is 0 Å². The van der Waals surface area contributed by atoms with Gasteiger partial charge in [0.2, 0.25) is 0 Å². The van der Waals surface area contributed by atoms with Gasteiger partial charge in [0.15, 0.2) is 0 Å². The molecule has 0 saturated heterocycles. The molecule has 0 fully saturated rings. The fraction of sp³-hybridized carbons (Fsp3) is 0.556. The molecule has 0 aliphatic heterocycles. The molecule has 0 bridgehead atoms. The summed E-state index contributed by atoms with van der Waals surface area (Å²) in [4.78, 5) is 19.7. The van der Waals surface area contributed by atoms with Crippen molar-refractivity contribution in [1.82, 2.24) is 20.2 Å². The van der Waals surface area contributed by atoms with Gasteiger partial charge in [-0.15, -0.1) is 0 Å². The molecule has 0 atom stereocenters. The van der Waals surface area contributed by atoms with Crippen molar-refractivity contribution in [2.45, 2.75) is 12.8 Å². The fourth-order valence-electron chi connectivity index (χ4n) is 1.04. The van der Waals surface area contributed by atoms with Gasteiger partial charge in [-0.1, -0.05) is 0 Å². The SMILES string of the molecule is CN(C)C(=O)NCCCc1ncc[nH]1. The number of nitrogens with zero attached hydrogens (tertiary/aromatic N) is 2. The van der Waals surface area contributed by atoms with Gasteiger partial charge in [0.05, 0.1) is 0 Å². The lowest BCUT2D eigenvalue weighted by Crippen LogP contribution is -2.35. The normalized spacial score (nSPS) is 9.86. The first kappa shape index (κ1) is 10.6. The van der Waals surface area contributed by atoms with E-state index >= 15 is 0 Å². The minimum Gasteiger partial charge on any atom is -0.349 e. The van der Waals surface area contributed by atoms with E-state index < -0.39 is 0 Å². The first-order valence-corrected chi connectivity index (χ1v) is 4.63. The van der Waals surface area contributed by atoms with E-state index in [2.05, 4.69) is 15.3 Å². The Kier molecular flexibility index (Phi) is 3.97. The van der Waals surface area contributed by atoms with E-state index in [4.69, 9.17) is 0 Å². The van der Waals surface area contributed by atoms with Crippen molar-refractivity contribution in [2.24, 2.45) is 0 Å². The molecule has 78 valence electrons. The van der Waals surface area contributed by atoms with Gasteiger partial charge >= 0.3 is 6.03 Å². The van der Waals surface area contributed by atoms with Crippen LogP contribution in [-0.2, 0) is 6.42 Å². The third kappa shape index (κ3) is 3.47. The van der Waals surface area contributed by atoms with Crippen molar-refractivity contribution in [3.63, 3.8) is 0 Å². The van der Waals surface area contributed by atoms with Crippen LogP contribution in [0.1, 0.15) is 12.2 Å². The Balaban J connectivity index is 2.08. The zero-order valence-electron chi connectivity index (χ0n) is 8.58. The third-order valence-electron chi connectivity index (χ3n) is 1.83. The van der Waals surface area contributed by atoms with E-state index in [1.807, 2.05) is 0 Å². The number of carbonyl (C=O) groups excluding carboxylic acids is 1. The van der Waals surface area contributed by atoms with Crippen LogP contribution in [0.15, 0.2) is 12.4 Å². The van der Waals surface area contributed by atoms with E-state index in [1.165, 1.54) is 4.90 Å². The maximum absolute atomic E-state index is 11.1. The Morgan fingerprint density at radius 3 is 3.00 bits per heavy atom. The van der Waals surface area contributed by atoms with Gasteiger partial charge in [0.1, 0.15) is 5.82 Å². The molecule has 0 saturated carbocycles. The Hall–Kier alpha value is -1.52. The highest BCUT2D eigenvalue weighted by molar-refractivity contribution is 5.73. The van der Waals surface area contributed by atoms with Crippen LogP contribution in [0.25, 0.3) is 0 Å². The average molecular weight is 196 g/mol. The molecule has 0 aliphatic rings. The van der Waals surface area contributed by atoms with Gasteiger partial charge in [-0.25, -0.2) is 9.78 Å². The predicted molar refractivity (Wildman–Crippen MR) is 54.0 cm³/mol. The van der Waals surface area contributed by atoms with E-state index in [9.17, 15) is 4.79 Å². The van der Waals surface area contributed by atoms with Crippen LogP contribution in [0.5, 0.6) is 0 Å². The number of rotatable bonds is 4. The highest BCUT2D eigenvalue weighted by Gasteiger charge is 2.01. The highest BCUT2D eigenvalue weighted by Crippen LogP contribution is 1.93. The molecule has 0 aromatic carbocycles. The number of nitrogens with one attached hydrogen (secondary N) is 2. The summed E-state index contributed by atoms with van der Waals surface area (Å²) < 4.78 is 0. The number of hydrogen-bond acceptors (Lipinski definition) is 2. The first-order chi connectivity index (χ1) is 6.70. The largest absolute Gasteiger partial charge is 0.349 e. The van der Waals surface area contributed by atoms with Crippen LogP contribution in [0.3, 0.4) is 0 Å². The number of hydrogen-bond donors (Lipinski definition) is 2. The second kappa shape index (κ2) is 5.26. The van der Waals surface area contributed by atoms with Crippen LogP contribution < -0.4 is 5.32 Å². The lowest BCUT2D eigenvalue weighted by Gasteiger charge is -2.11. The highest BCUT2D eigenvalue weighted by atomic mass is 16.2. The van der Waals surface area contributed by atoms with E-state index in [0.717, 1.165) is 18.7 Å². The molecule has 14 heavy (non-hydrogen) atoms. The number of imidazole rings is 1. The molecule has 5 heteroatoms. The third-order valence-corrected chi connectivity index (χ3v) is 1.83. The van der Waals surface area contributed by atoms with Crippen LogP contribution in [-0.4, -0.2) is 41.5 Å². The maximum atomic E-state index is 11.1. The molecule has 0 spiro atoms. The van der Waals surface area contributed by atoms with E-state index in [1.54, 1.807) is 26.5 Å². The standard InChI is InChI=1S/C9H16N4O/c1-13(2)9(14)12-5-3-4-8-10-6-7-11-8/h6-7H,3-5H2,1-2H3,(H,10,11)(H,12,14). The van der Waals surface area contributed by atoms with Crippen molar-refractivity contribution < 1.29 is 4.79 Å². The minimum absolute atomic E-state index is 0.0514. The van der Waals surface area contributed by atoms with Gasteiger partial charge in [-0.05, 0) is 6.42 Å². The van der Waals surface area contributed by atoms with E-state index in [-0.39, 0.29) is 6.03 Å². The summed E-state index contributed by atoms with van der Waals surface area (Å²) in [6.07, 6.45) is 5.29. The predicted octanol–water partition coefficient (Wildman–Crippen LogP) is 0.613. The zero-order chi connectivity index (χ0) is 10.4. The second-order valence-corrected chi connectivity index (χ2v) is 3.27. The summed E-state index contributed by atoms with van der Waals surface area (Å²) in [6, 6.07) is -0.0514. The first-order valence-electron chi connectivity index (χ1n) is 4.63. The summed E-state index contributed by atoms with van der Waals surface area (Å²) in [7, 11) is 3.45. The maximum Gasteiger partial charge on any atom is 0.316 e. The van der Waals surface area contributed by atoms with E-state index in [0.29, 0.717) is 6.54 Å². The Bertz CT molecular complexity index is 268. The van der Waals surface area contributed by atoms with Crippen LogP contribution in [0.2, 0.25) is 0 Å². The van der Waals surface area contributed by atoms with Crippen molar-refractivity contribution >= 4 is 6.03 Å². The molecule has 0 unspecified atom stereocenters. The lowest BCUT2D eigenvalue weighted by atomic mass is 10.3. The Labute approximate surface area is 83.5 Å². The summed E-state index contributed by atoms with van der Waals surface area (Å²) in [5.41, 5.74) is 0. The van der Waals surface area contributed by atoms with Gasteiger partial charge in [-0.3, -0.25) is 0 Å². The summed E-state index contributed by atoms with van der Waals surface area (Å²) >= 11 is 0. The summed E-state index contributed by atoms with van der Waals surface area (Å²) in [5, 5.41) is 2.79. The number of carbonyl (C=O) groups is 1. The number of urea groups is 1.